The minimum atomic E-state index is -0.945. The molecule has 124 valence electrons. The molecule has 1 aromatic carbocycles. The van der Waals surface area contributed by atoms with Crippen LogP contribution in [-0.4, -0.2) is 21.9 Å². The van der Waals surface area contributed by atoms with E-state index in [-0.39, 0.29) is 23.4 Å². The second kappa shape index (κ2) is 5.15. The van der Waals surface area contributed by atoms with Crippen LogP contribution in [0.15, 0.2) is 36.4 Å². The van der Waals surface area contributed by atoms with Crippen molar-refractivity contribution < 1.29 is 19.6 Å². The van der Waals surface area contributed by atoms with Crippen molar-refractivity contribution in [1.29, 1.82) is 0 Å². The molecule has 4 aliphatic rings. The summed E-state index contributed by atoms with van der Waals surface area (Å²) in [7, 11) is 0. The molecule has 2 saturated carbocycles. The molecule has 0 aliphatic heterocycles. The minimum Gasteiger partial charge on any atom is -0.481 e. The van der Waals surface area contributed by atoms with Gasteiger partial charge in [0.05, 0.1) is 16.8 Å². The second-order valence-corrected chi connectivity index (χ2v) is 6.79. The van der Waals surface area contributed by atoms with E-state index in [1.54, 1.807) is 6.07 Å². The molecule has 1 amide bonds. The smallest absolute Gasteiger partial charge is 0.307 e. The lowest BCUT2D eigenvalue weighted by molar-refractivity contribution is -0.384. The van der Waals surface area contributed by atoms with Crippen LogP contribution in [0.3, 0.4) is 0 Å². The maximum absolute atomic E-state index is 12.7. The van der Waals surface area contributed by atoms with Gasteiger partial charge in [-0.1, -0.05) is 18.2 Å². The van der Waals surface area contributed by atoms with Gasteiger partial charge >= 0.3 is 5.97 Å². The number of carbonyl (C=O) groups is 2. The summed E-state index contributed by atoms with van der Waals surface area (Å²) in [6.07, 6.45) is 4.91. The number of rotatable bonds is 4. The lowest BCUT2D eigenvalue weighted by atomic mass is 9.62. The third-order valence-corrected chi connectivity index (χ3v) is 5.56. The Morgan fingerprint density at radius 3 is 2.46 bits per heavy atom. The summed E-state index contributed by atoms with van der Waals surface area (Å²) in [6, 6.07) is 5.68. The van der Waals surface area contributed by atoms with Gasteiger partial charge in [-0.15, -0.1) is 0 Å². The lowest BCUT2D eigenvalue weighted by Crippen LogP contribution is -2.48. The fraction of sp³-hybridized carbons (Fsp3) is 0.412. The van der Waals surface area contributed by atoms with Gasteiger partial charge in [0.2, 0.25) is 5.91 Å². The van der Waals surface area contributed by atoms with Crippen molar-refractivity contribution in [3.63, 3.8) is 0 Å². The Bertz CT molecular complexity index is 774. The number of aliphatic carboxylic acids is 1. The molecule has 0 saturated heterocycles. The van der Waals surface area contributed by atoms with Gasteiger partial charge in [-0.2, -0.15) is 0 Å². The number of fused-ring (bicyclic) bond motifs is 1. The number of hydrogen-bond acceptors (Lipinski definition) is 4. The molecule has 0 spiro atoms. The van der Waals surface area contributed by atoms with Crippen LogP contribution in [0.5, 0.6) is 0 Å². The summed E-state index contributed by atoms with van der Waals surface area (Å²) in [4.78, 5) is 34.8. The van der Waals surface area contributed by atoms with Crippen molar-refractivity contribution in [3.8, 4) is 0 Å². The standard InChI is InChI=1S/C17H16N2O5/c20-16(18-8-2-1-3-9(6-8)19(23)24)14-10-4-5-11(13-7-12(10)13)15(14)17(21)22/h1-6,10-15H,7H2,(H,18,20)(H,21,22)/t10-,11-,12-,13-,14-,15+/m1/s1. The molecular weight excluding hydrogens is 312 g/mol. The number of carboxylic acid groups (broad SMARTS) is 1. The van der Waals surface area contributed by atoms with Crippen LogP contribution in [-0.2, 0) is 9.59 Å². The first-order valence-electron chi connectivity index (χ1n) is 7.94. The Kier molecular flexibility index (Phi) is 3.19. The maximum atomic E-state index is 12.7. The zero-order valence-corrected chi connectivity index (χ0v) is 12.7. The molecule has 5 rings (SSSR count). The van der Waals surface area contributed by atoms with Gasteiger partial charge < -0.3 is 10.4 Å². The Morgan fingerprint density at radius 2 is 1.83 bits per heavy atom. The van der Waals surface area contributed by atoms with Crippen LogP contribution in [0.1, 0.15) is 6.42 Å². The highest BCUT2D eigenvalue weighted by atomic mass is 16.6. The molecule has 4 aliphatic carbocycles. The van der Waals surface area contributed by atoms with Crippen LogP contribution >= 0.6 is 0 Å². The molecule has 0 heterocycles. The maximum Gasteiger partial charge on any atom is 0.307 e. The molecule has 2 bridgehead atoms. The first kappa shape index (κ1) is 14.9. The van der Waals surface area contributed by atoms with Gasteiger partial charge in [-0.25, -0.2) is 0 Å². The van der Waals surface area contributed by atoms with Crippen molar-refractivity contribution in [2.24, 2.45) is 35.5 Å². The van der Waals surface area contributed by atoms with E-state index in [0.717, 1.165) is 6.42 Å². The van der Waals surface area contributed by atoms with Crippen LogP contribution in [0, 0.1) is 45.6 Å². The van der Waals surface area contributed by atoms with Gasteiger partial charge in [0.25, 0.3) is 5.69 Å². The average Bonchev–Trinajstić information content (AvgIpc) is 3.36. The van der Waals surface area contributed by atoms with Gasteiger partial charge in [-0.3, -0.25) is 19.7 Å². The van der Waals surface area contributed by atoms with E-state index in [1.165, 1.54) is 18.2 Å². The Balaban J connectivity index is 1.59. The van der Waals surface area contributed by atoms with Gasteiger partial charge in [0, 0.05) is 17.8 Å². The summed E-state index contributed by atoms with van der Waals surface area (Å²) in [6.45, 7) is 0. The normalized spacial score (nSPS) is 35.2. The number of carboxylic acids is 1. The number of nitro groups is 1. The number of allylic oxidation sites excluding steroid dienone is 2. The number of carbonyl (C=O) groups excluding carboxylic acids is 1. The Morgan fingerprint density at radius 1 is 1.17 bits per heavy atom. The largest absolute Gasteiger partial charge is 0.481 e. The second-order valence-electron chi connectivity index (χ2n) is 6.79. The van der Waals surface area contributed by atoms with Gasteiger partial charge in [0.1, 0.15) is 0 Å². The quantitative estimate of drug-likeness (QED) is 0.501. The summed E-state index contributed by atoms with van der Waals surface area (Å²) < 4.78 is 0. The predicted molar refractivity (Wildman–Crippen MR) is 84.1 cm³/mol. The van der Waals surface area contributed by atoms with Crippen molar-refractivity contribution >= 4 is 23.3 Å². The van der Waals surface area contributed by atoms with Crippen LogP contribution in [0.2, 0.25) is 0 Å². The topological polar surface area (TPSA) is 110 Å². The van der Waals surface area contributed by atoms with E-state index < -0.39 is 22.7 Å². The lowest BCUT2D eigenvalue weighted by Gasteiger charge is -2.41. The molecule has 6 atom stereocenters. The number of nitrogens with one attached hydrogen (secondary N) is 1. The molecule has 7 heteroatoms. The number of amides is 1. The molecule has 1 aromatic rings. The van der Waals surface area contributed by atoms with Gasteiger partial charge in [0.15, 0.2) is 0 Å². The van der Waals surface area contributed by atoms with Crippen molar-refractivity contribution in [1.82, 2.24) is 0 Å². The number of nitrogens with zero attached hydrogens (tertiary/aromatic N) is 1. The highest BCUT2D eigenvalue weighted by Gasteiger charge is 2.62. The minimum absolute atomic E-state index is 0.0557. The zero-order chi connectivity index (χ0) is 17.0. The summed E-state index contributed by atoms with van der Waals surface area (Å²) in [5.74, 6) is -2.01. The van der Waals surface area contributed by atoms with E-state index in [0.29, 0.717) is 17.5 Å². The predicted octanol–water partition coefficient (Wildman–Crippen LogP) is 2.30. The third kappa shape index (κ3) is 2.19. The Hall–Kier alpha value is -2.70. The monoisotopic (exact) mass is 328 g/mol. The number of non-ortho nitro benzene ring substituents is 1. The molecule has 2 fully saturated rings. The molecule has 0 aromatic heterocycles. The van der Waals surface area contributed by atoms with E-state index in [1.807, 2.05) is 12.2 Å². The van der Waals surface area contributed by atoms with Crippen molar-refractivity contribution in [3.05, 3.63) is 46.5 Å². The SMILES string of the molecule is O=C(Nc1cccc([N+](=O)[O-])c1)[C@@H]1[C@@H]2C=C[C@H]([C@H]3C[C@H]23)[C@@H]1C(=O)O. The van der Waals surface area contributed by atoms with E-state index in [9.17, 15) is 24.8 Å². The first-order valence-corrected chi connectivity index (χ1v) is 7.94. The number of nitro benzene ring substituents is 1. The third-order valence-electron chi connectivity index (χ3n) is 5.56. The van der Waals surface area contributed by atoms with Crippen LogP contribution < -0.4 is 5.32 Å². The molecule has 24 heavy (non-hydrogen) atoms. The first-order chi connectivity index (χ1) is 11.5. The Labute approximate surface area is 137 Å². The number of benzene rings is 1. The fourth-order valence-corrected chi connectivity index (χ4v) is 4.49. The van der Waals surface area contributed by atoms with Crippen LogP contribution in [0.25, 0.3) is 0 Å². The fourth-order valence-electron chi connectivity index (χ4n) is 4.49. The molecule has 7 nitrogen and oxygen atoms in total. The van der Waals surface area contributed by atoms with E-state index in [4.69, 9.17) is 0 Å². The zero-order valence-electron chi connectivity index (χ0n) is 12.7. The van der Waals surface area contributed by atoms with Crippen molar-refractivity contribution in [2.75, 3.05) is 5.32 Å². The highest BCUT2D eigenvalue weighted by molar-refractivity contribution is 5.96. The van der Waals surface area contributed by atoms with E-state index >= 15 is 0 Å². The van der Waals surface area contributed by atoms with Gasteiger partial charge in [-0.05, 0) is 36.2 Å². The number of anilines is 1. The summed E-state index contributed by atoms with van der Waals surface area (Å²) >= 11 is 0. The molecule has 2 N–H and O–H groups in total. The number of hydrogen-bond donors (Lipinski definition) is 2. The molecule has 0 radical (unpaired) electrons. The molecule has 0 unspecified atom stereocenters. The average molecular weight is 328 g/mol. The summed E-state index contributed by atoms with van der Waals surface area (Å²) in [5.41, 5.74) is 0.200. The summed E-state index contributed by atoms with van der Waals surface area (Å²) in [5, 5.41) is 23.1. The van der Waals surface area contributed by atoms with E-state index in [2.05, 4.69) is 5.32 Å². The highest BCUT2D eigenvalue weighted by Crippen LogP contribution is 2.63. The molecular formula is C17H16N2O5. The van der Waals surface area contributed by atoms with Crippen LogP contribution in [0.4, 0.5) is 11.4 Å². The van der Waals surface area contributed by atoms with Crippen molar-refractivity contribution in [2.45, 2.75) is 6.42 Å².